The molecule has 0 N–H and O–H groups in total. The summed E-state index contributed by atoms with van der Waals surface area (Å²) in [5.41, 5.74) is 0.428. The van der Waals surface area contributed by atoms with Gasteiger partial charge in [-0.2, -0.15) is 74.6 Å². The van der Waals surface area contributed by atoms with Gasteiger partial charge in [0.25, 0.3) is 0 Å². The minimum atomic E-state index is -8.65. The van der Waals surface area contributed by atoms with Crippen molar-refractivity contribution in [1.82, 2.24) is 0 Å². The highest BCUT2D eigenvalue weighted by Crippen LogP contribution is 2.64. The number of benzene rings is 4. The number of alkyl halides is 17. The van der Waals surface area contributed by atoms with Crippen LogP contribution in [-0.2, 0) is 12.8 Å². The number of Topliss-reactive ketones (excluding diaryl/α,β-unsaturated/α-hetero) is 1. The van der Waals surface area contributed by atoms with Gasteiger partial charge in [0.05, 0.1) is 0 Å². The summed E-state index contributed by atoms with van der Waals surface area (Å²) in [5, 5.41) is 2.88. The first-order chi connectivity index (χ1) is 23.2. The van der Waals surface area contributed by atoms with Crippen LogP contribution in [0.2, 0.25) is 0 Å². The van der Waals surface area contributed by atoms with Gasteiger partial charge < -0.3 is 0 Å². The molecule has 4 aromatic carbocycles. The molecule has 0 aromatic heterocycles. The Hall–Kier alpha value is -4.12. The summed E-state index contributed by atoms with van der Waals surface area (Å²) < 4.78 is 230. The molecule has 0 radical (unpaired) electrons. The van der Waals surface area contributed by atoms with Gasteiger partial charge in [-0.1, -0.05) is 72.8 Å². The minimum absolute atomic E-state index is 0.0401. The number of fused-ring (bicyclic) bond motifs is 2. The van der Waals surface area contributed by atoms with Crippen molar-refractivity contribution in [2.45, 2.75) is 73.3 Å². The van der Waals surface area contributed by atoms with Gasteiger partial charge in [0, 0.05) is 18.4 Å². The Morgan fingerprint density at radius 2 is 0.824 bits per heavy atom. The molecule has 0 amide bonds. The number of hydrogen-bond donors (Lipinski definition) is 0. The molecule has 0 unspecified atom stereocenters. The highest BCUT2D eigenvalue weighted by Gasteiger charge is 2.95. The van der Waals surface area contributed by atoms with Crippen LogP contribution in [-0.4, -0.2) is 53.4 Å². The molecule has 0 atom stereocenters. The number of aryl methyl sites for hydroxylation is 2. The number of carbonyl (C=O) groups is 1. The summed E-state index contributed by atoms with van der Waals surface area (Å²) in [6.45, 7) is 0. The van der Waals surface area contributed by atoms with Crippen molar-refractivity contribution < 1.29 is 79.4 Å². The Kier molecular flexibility index (Phi) is 9.98. The molecule has 0 aliphatic carbocycles. The molecule has 0 aliphatic rings. The predicted molar refractivity (Wildman–Crippen MR) is 150 cm³/mol. The molecule has 4 rings (SSSR count). The average molecular weight is 756 g/mol. The van der Waals surface area contributed by atoms with Crippen molar-refractivity contribution in [1.29, 1.82) is 0 Å². The van der Waals surface area contributed by atoms with Gasteiger partial charge in [0.15, 0.2) is 5.78 Å². The quantitative estimate of drug-likeness (QED) is 0.0754. The SMILES string of the molecule is O=C(CCc1ccc(CCC(F)(F)C(F)(F)C(F)(F)C(F)(F)C(F)(F)C(F)(F)C(F)(F)C(F)(F)F)cc1)c1c2ccccc2cc2ccccc12. The van der Waals surface area contributed by atoms with E-state index in [1.165, 1.54) is 12.1 Å². The van der Waals surface area contributed by atoms with E-state index in [1.54, 1.807) is 48.5 Å². The van der Waals surface area contributed by atoms with Gasteiger partial charge >= 0.3 is 47.6 Å². The Balaban J connectivity index is 1.48. The topological polar surface area (TPSA) is 17.1 Å². The maximum atomic E-state index is 14.3. The number of ketones is 1. The number of halogens is 17. The van der Waals surface area contributed by atoms with E-state index in [9.17, 15) is 79.4 Å². The van der Waals surface area contributed by atoms with Crippen molar-refractivity contribution in [2.75, 3.05) is 0 Å². The Labute approximate surface area is 276 Å². The maximum absolute atomic E-state index is 14.3. The first-order valence-corrected chi connectivity index (χ1v) is 14.4. The summed E-state index contributed by atoms with van der Waals surface area (Å²) >= 11 is 0. The van der Waals surface area contributed by atoms with Crippen LogP contribution in [0.5, 0.6) is 0 Å². The van der Waals surface area contributed by atoms with Gasteiger partial charge in [-0.15, -0.1) is 0 Å². The summed E-state index contributed by atoms with van der Waals surface area (Å²) in [5.74, 6) is -56.7. The standard InChI is InChI=1S/C33H21F17O/c34-26(35,27(36,37)28(38,39)29(40,41)30(42,43)31(44,45)32(46,47)33(48,49)50)16-15-19-11-9-18(10-12-19)13-14-24(51)25-22-7-3-1-5-20(22)17-21-6-2-4-8-23(21)25/h1-12,17H,13-16H2. The first kappa shape index (κ1) is 39.7. The fourth-order valence-corrected chi connectivity index (χ4v) is 5.22. The lowest BCUT2D eigenvalue weighted by atomic mass is 9.87. The van der Waals surface area contributed by atoms with Gasteiger partial charge in [0.2, 0.25) is 0 Å². The molecule has 0 bridgehead atoms. The van der Waals surface area contributed by atoms with Gasteiger partial charge in [0.1, 0.15) is 0 Å². The Morgan fingerprint density at radius 1 is 0.451 bits per heavy atom. The van der Waals surface area contributed by atoms with Gasteiger partial charge in [-0.3, -0.25) is 4.79 Å². The van der Waals surface area contributed by atoms with E-state index in [4.69, 9.17) is 0 Å². The second-order valence-corrected chi connectivity index (χ2v) is 11.6. The van der Waals surface area contributed by atoms with Crippen molar-refractivity contribution in [3.63, 3.8) is 0 Å². The van der Waals surface area contributed by atoms with Crippen LogP contribution in [0.15, 0.2) is 78.9 Å². The zero-order valence-corrected chi connectivity index (χ0v) is 25.2. The third kappa shape index (κ3) is 6.36. The second-order valence-electron chi connectivity index (χ2n) is 11.6. The van der Waals surface area contributed by atoms with Crippen molar-refractivity contribution in [2.24, 2.45) is 0 Å². The highest BCUT2D eigenvalue weighted by molar-refractivity contribution is 6.18. The van der Waals surface area contributed by atoms with E-state index in [-0.39, 0.29) is 24.2 Å². The summed E-state index contributed by atoms with van der Waals surface area (Å²) in [7, 11) is 0. The normalized spacial score (nSPS) is 14.4. The molecule has 0 heterocycles. The van der Waals surface area contributed by atoms with Crippen LogP contribution in [0.3, 0.4) is 0 Å². The van der Waals surface area contributed by atoms with E-state index in [2.05, 4.69) is 0 Å². The number of hydrogen-bond acceptors (Lipinski definition) is 1. The molecule has 18 heteroatoms. The zero-order chi connectivity index (χ0) is 38.6. The lowest BCUT2D eigenvalue weighted by molar-refractivity contribution is -0.461. The lowest BCUT2D eigenvalue weighted by Gasteiger charge is -2.42. The van der Waals surface area contributed by atoms with Crippen molar-refractivity contribution in [3.8, 4) is 0 Å². The zero-order valence-electron chi connectivity index (χ0n) is 25.2. The molecule has 0 aliphatic heterocycles. The van der Waals surface area contributed by atoms with E-state index in [0.717, 1.165) is 22.9 Å². The van der Waals surface area contributed by atoms with Crippen LogP contribution >= 0.6 is 0 Å². The molecular weight excluding hydrogens is 735 g/mol. The van der Waals surface area contributed by atoms with Gasteiger partial charge in [-0.25, -0.2) is 0 Å². The van der Waals surface area contributed by atoms with Crippen LogP contribution in [0, 0.1) is 0 Å². The monoisotopic (exact) mass is 756 g/mol. The van der Waals surface area contributed by atoms with Crippen molar-refractivity contribution in [3.05, 3.63) is 95.6 Å². The third-order valence-electron chi connectivity index (χ3n) is 8.23. The summed E-state index contributed by atoms with van der Waals surface area (Å²) in [6.07, 6.45) is -11.8. The fourth-order valence-electron chi connectivity index (χ4n) is 5.22. The van der Waals surface area contributed by atoms with Crippen LogP contribution in [0.25, 0.3) is 21.5 Å². The lowest BCUT2D eigenvalue weighted by Crippen LogP contribution is -2.74. The van der Waals surface area contributed by atoms with E-state index in [1.807, 2.05) is 6.07 Å². The van der Waals surface area contributed by atoms with Crippen LogP contribution in [0.4, 0.5) is 74.6 Å². The van der Waals surface area contributed by atoms with E-state index in [0.29, 0.717) is 21.9 Å². The maximum Gasteiger partial charge on any atom is 0.460 e. The molecule has 1 nitrogen and oxygen atoms in total. The van der Waals surface area contributed by atoms with E-state index >= 15 is 0 Å². The van der Waals surface area contributed by atoms with Gasteiger partial charge in [-0.05, 0) is 51.6 Å². The first-order valence-electron chi connectivity index (χ1n) is 14.4. The van der Waals surface area contributed by atoms with Crippen LogP contribution < -0.4 is 0 Å². The molecule has 278 valence electrons. The molecule has 0 saturated heterocycles. The predicted octanol–water partition coefficient (Wildman–Crippen LogP) is 11.8. The summed E-state index contributed by atoms with van der Waals surface area (Å²) in [6, 6.07) is 20.3. The minimum Gasteiger partial charge on any atom is -0.294 e. The number of carbonyl (C=O) groups excluding carboxylic acids is 1. The Morgan fingerprint density at radius 3 is 1.25 bits per heavy atom. The molecule has 4 aromatic rings. The van der Waals surface area contributed by atoms with Crippen molar-refractivity contribution >= 4 is 27.3 Å². The fraction of sp³-hybridized carbons (Fsp3) is 0.364. The highest BCUT2D eigenvalue weighted by atomic mass is 19.4. The molecule has 0 fully saturated rings. The molecule has 51 heavy (non-hydrogen) atoms. The molecular formula is C33H21F17O. The summed E-state index contributed by atoms with van der Waals surface area (Å²) in [4.78, 5) is 13.3. The van der Waals surface area contributed by atoms with Crippen LogP contribution in [0.1, 0.15) is 34.3 Å². The second kappa shape index (κ2) is 12.8. The molecule has 0 spiro atoms. The third-order valence-corrected chi connectivity index (χ3v) is 8.23. The van der Waals surface area contributed by atoms with E-state index < -0.39 is 60.5 Å². The average Bonchev–Trinajstić information content (AvgIpc) is 3.04. The largest absolute Gasteiger partial charge is 0.460 e. The smallest absolute Gasteiger partial charge is 0.294 e. The molecule has 0 saturated carbocycles. The Bertz CT molecular complexity index is 1840. The number of rotatable bonds is 13.